The molecule has 0 radical (unpaired) electrons. The zero-order chi connectivity index (χ0) is 20.3. The number of rotatable bonds is 5. The van der Waals surface area contributed by atoms with Crippen LogP contribution in [0, 0.1) is 18.7 Å². The molecule has 1 heterocycles. The number of nitrogens with zero attached hydrogens (tertiary/aromatic N) is 1. The topological polar surface area (TPSA) is 81.4 Å². The Balaban J connectivity index is 1.70. The van der Waals surface area contributed by atoms with Crippen LogP contribution in [0.15, 0.2) is 22.7 Å². The standard InChI is InChI=1S/C20H22ClFN2O4/c1-11-6-3-4-9-15(11)23-16(25)10-27-20(26)17-12(2)28-24-19(17)18-13(21)7-5-8-14(18)22/h5,7-8,11,15H,3-4,6,9-10H2,1-2H3,(H,23,25)/t11-,15+/m1/s1. The summed E-state index contributed by atoms with van der Waals surface area (Å²) >= 11 is 6.06. The minimum atomic E-state index is -0.820. The number of amides is 1. The van der Waals surface area contributed by atoms with Gasteiger partial charge in [0.1, 0.15) is 22.8 Å². The number of nitrogens with one attached hydrogen (secondary N) is 1. The van der Waals surface area contributed by atoms with Crippen molar-refractivity contribution < 1.29 is 23.2 Å². The van der Waals surface area contributed by atoms with Gasteiger partial charge < -0.3 is 14.6 Å². The number of hydrogen-bond donors (Lipinski definition) is 1. The highest BCUT2D eigenvalue weighted by Crippen LogP contribution is 2.33. The molecule has 28 heavy (non-hydrogen) atoms. The van der Waals surface area contributed by atoms with Crippen molar-refractivity contribution in [2.24, 2.45) is 5.92 Å². The van der Waals surface area contributed by atoms with Gasteiger partial charge in [0.25, 0.3) is 5.91 Å². The van der Waals surface area contributed by atoms with Crippen LogP contribution in [-0.4, -0.2) is 29.7 Å². The minimum Gasteiger partial charge on any atom is -0.452 e. The molecular weight excluding hydrogens is 387 g/mol. The molecule has 3 rings (SSSR count). The first-order chi connectivity index (χ1) is 13.4. The van der Waals surface area contributed by atoms with Crippen LogP contribution in [0.3, 0.4) is 0 Å². The van der Waals surface area contributed by atoms with Crippen LogP contribution in [-0.2, 0) is 9.53 Å². The Morgan fingerprint density at radius 3 is 2.82 bits per heavy atom. The molecule has 1 fully saturated rings. The summed E-state index contributed by atoms with van der Waals surface area (Å²) < 4.78 is 24.4. The van der Waals surface area contributed by atoms with Crippen molar-refractivity contribution in [2.75, 3.05) is 6.61 Å². The van der Waals surface area contributed by atoms with Gasteiger partial charge in [0.2, 0.25) is 0 Å². The van der Waals surface area contributed by atoms with Gasteiger partial charge in [-0.15, -0.1) is 0 Å². The summed E-state index contributed by atoms with van der Waals surface area (Å²) in [4.78, 5) is 24.7. The molecule has 6 nitrogen and oxygen atoms in total. The third kappa shape index (κ3) is 4.35. The van der Waals surface area contributed by atoms with E-state index in [4.69, 9.17) is 20.9 Å². The average Bonchev–Trinajstić information content (AvgIpc) is 3.03. The Hall–Kier alpha value is -2.41. The summed E-state index contributed by atoms with van der Waals surface area (Å²) in [5, 5.41) is 6.76. The van der Waals surface area contributed by atoms with E-state index in [9.17, 15) is 14.0 Å². The van der Waals surface area contributed by atoms with E-state index in [1.165, 1.54) is 25.1 Å². The number of ether oxygens (including phenoxy) is 1. The molecule has 0 spiro atoms. The van der Waals surface area contributed by atoms with Gasteiger partial charge in [-0.2, -0.15) is 0 Å². The van der Waals surface area contributed by atoms with Gasteiger partial charge in [0.05, 0.1) is 10.6 Å². The van der Waals surface area contributed by atoms with Crippen molar-refractivity contribution >= 4 is 23.5 Å². The molecule has 1 aliphatic carbocycles. The summed E-state index contributed by atoms with van der Waals surface area (Å²) in [6.45, 7) is 3.17. The molecule has 2 aromatic rings. The van der Waals surface area contributed by atoms with E-state index in [1.54, 1.807) is 0 Å². The summed E-state index contributed by atoms with van der Waals surface area (Å²) in [6, 6.07) is 4.23. The second-order valence-electron chi connectivity index (χ2n) is 7.07. The first-order valence-electron chi connectivity index (χ1n) is 9.25. The predicted molar refractivity (Wildman–Crippen MR) is 101 cm³/mol. The molecule has 1 saturated carbocycles. The molecule has 0 unspecified atom stereocenters. The number of carbonyl (C=O) groups is 2. The van der Waals surface area contributed by atoms with Gasteiger partial charge in [-0.25, -0.2) is 9.18 Å². The van der Waals surface area contributed by atoms with Crippen LogP contribution in [0.25, 0.3) is 11.3 Å². The lowest BCUT2D eigenvalue weighted by Gasteiger charge is -2.29. The minimum absolute atomic E-state index is 0.0477. The molecule has 1 aromatic carbocycles. The van der Waals surface area contributed by atoms with Crippen molar-refractivity contribution in [1.82, 2.24) is 10.5 Å². The van der Waals surface area contributed by atoms with Gasteiger partial charge in [-0.1, -0.05) is 42.6 Å². The fraction of sp³-hybridized carbons (Fsp3) is 0.450. The van der Waals surface area contributed by atoms with Crippen LogP contribution in [0.5, 0.6) is 0 Å². The molecule has 0 saturated heterocycles. The lowest BCUT2D eigenvalue weighted by molar-refractivity contribution is -0.125. The predicted octanol–water partition coefficient (Wildman–Crippen LogP) is 4.29. The first kappa shape index (κ1) is 20.3. The van der Waals surface area contributed by atoms with Crippen molar-refractivity contribution in [1.29, 1.82) is 0 Å². The summed E-state index contributed by atoms with van der Waals surface area (Å²) in [5.41, 5.74) is -0.147. The number of aryl methyl sites for hydroxylation is 1. The second kappa shape index (κ2) is 8.73. The number of carbonyl (C=O) groups excluding carboxylic acids is 2. The lowest BCUT2D eigenvalue weighted by Crippen LogP contribution is -2.42. The van der Waals surface area contributed by atoms with Gasteiger partial charge in [-0.3, -0.25) is 4.79 Å². The Labute approximate surface area is 167 Å². The molecule has 2 atom stereocenters. The Morgan fingerprint density at radius 2 is 2.11 bits per heavy atom. The molecule has 1 amide bonds. The van der Waals surface area contributed by atoms with Crippen LogP contribution in [0.4, 0.5) is 4.39 Å². The zero-order valence-electron chi connectivity index (χ0n) is 15.8. The highest BCUT2D eigenvalue weighted by atomic mass is 35.5. The maximum absolute atomic E-state index is 14.2. The van der Waals surface area contributed by atoms with Crippen LogP contribution >= 0.6 is 11.6 Å². The normalized spacial score (nSPS) is 19.3. The summed E-state index contributed by atoms with van der Waals surface area (Å²) in [5.74, 6) is -1.28. The van der Waals surface area contributed by atoms with E-state index in [-0.39, 0.29) is 39.6 Å². The highest BCUT2D eigenvalue weighted by molar-refractivity contribution is 6.33. The quantitative estimate of drug-likeness (QED) is 0.746. The lowest BCUT2D eigenvalue weighted by atomic mass is 9.86. The van der Waals surface area contributed by atoms with Crippen LogP contribution < -0.4 is 5.32 Å². The van der Waals surface area contributed by atoms with E-state index >= 15 is 0 Å². The second-order valence-corrected chi connectivity index (χ2v) is 7.48. The van der Waals surface area contributed by atoms with Gasteiger partial charge in [0, 0.05) is 6.04 Å². The van der Waals surface area contributed by atoms with E-state index in [1.807, 2.05) is 0 Å². The summed E-state index contributed by atoms with van der Waals surface area (Å²) in [7, 11) is 0. The Bertz CT molecular complexity index is 863. The van der Waals surface area contributed by atoms with Crippen molar-refractivity contribution in [3.8, 4) is 11.3 Å². The Morgan fingerprint density at radius 1 is 1.36 bits per heavy atom. The van der Waals surface area contributed by atoms with E-state index in [2.05, 4.69) is 17.4 Å². The fourth-order valence-corrected chi connectivity index (χ4v) is 3.74. The average molecular weight is 409 g/mol. The summed E-state index contributed by atoms with van der Waals surface area (Å²) in [6.07, 6.45) is 4.22. The van der Waals surface area contributed by atoms with Gasteiger partial charge in [0.15, 0.2) is 6.61 Å². The maximum Gasteiger partial charge on any atom is 0.344 e. The van der Waals surface area contributed by atoms with Crippen molar-refractivity contribution in [3.63, 3.8) is 0 Å². The number of hydrogen-bond acceptors (Lipinski definition) is 5. The molecule has 150 valence electrons. The van der Waals surface area contributed by atoms with Crippen LogP contribution in [0.1, 0.15) is 48.7 Å². The number of benzene rings is 1. The van der Waals surface area contributed by atoms with E-state index in [0.717, 1.165) is 25.7 Å². The largest absolute Gasteiger partial charge is 0.452 e. The number of aromatic nitrogens is 1. The highest BCUT2D eigenvalue weighted by Gasteiger charge is 2.28. The smallest absolute Gasteiger partial charge is 0.344 e. The Kier molecular flexibility index (Phi) is 6.34. The monoisotopic (exact) mass is 408 g/mol. The van der Waals surface area contributed by atoms with Gasteiger partial charge in [-0.05, 0) is 37.8 Å². The molecule has 8 heteroatoms. The molecule has 1 aromatic heterocycles. The van der Waals surface area contributed by atoms with Crippen molar-refractivity contribution in [2.45, 2.75) is 45.6 Å². The zero-order valence-corrected chi connectivity index (χ0v) is 16.5. The number of esters is 1. The maximum atomic E-state index is 14.2. The fourth-order valence-electron chi connectivity index (χ4n) is 3.49. The molecule has 1 N–H and O–H groups in total. The van der Waals surface area contributed by atoms with Crippen molar-refractivity contribution in [3.05, 3.63) is 40.4 Å². The van der Waals surface area contributed by atoms with Crippen LogP contribution in [0.2, 0.25) is 5.02 Å². The third-order valence-electron chi connectivity index (χ3n) is 5.06. The first-order valence-corrected chi connectivity index (χ1v) is 9.63. The van der Waals surface area contributed by atoms with E-state index in [0.29, 0.717) is 5.92 Å². The number of halogens is 2. The SMILES string of the molecule is Cc1onc(-c2c(F)cccc2Cl)c1C(=O)OCC(=O)N[C@H]1CCCC[C@H]1C. The van der Waals surface area contributed by atoms with Gasteiger partial charge >= 0.3 is 5.97 Å². The van der Waals surface area contributed by atoms with E-state index < -0.39 is 18.4 Å². The molecular formula is C20H22ClFN2O4. The third-order valence-corrected chi connectivity index (χ3v) is 5.37. The molecule has 0 aliphatic heterocycles. The molecule has 1 aliphatic rings. The molecule has 0 bridgehead atoms.